The van der Waals surface area contributed by atoms with Gasteiger partial charge in [0.25, 0.3) is 20.2 Å². The molecule has 0 aliphatic rings. The third-order valence-corrected chi connectivity index (χ3v) is 3.85. The fraction of sp³-hybridized carbons (Fsp3) is 0. The summed E-state index contributed by atoms with van der Waals surface area (Å²) >= 11 is 0. The van der Waals surface area contributed by atoms with Crippen molar-refractivity contribution in [3.63, 3.8) is 0 Å². The molecule has 2 N–H and O–H groups in total. The maximum atomic E-state index is 11.0. The van der Waals surface area contributed by atoms with E-state index in [-0.39, 0.29) is 71.2 Å². The molecule has 0 amide bonds. The minimum atomic E-state index is -5.33. The largest absolute Gasteiger partial charge is 1.00 e. The van der Waals surface area contributed by atoms with Gasteiger partial charge < -0.3 is 19.8 Å². The van der Waals surface area contributed by atoms with Gasteiger partial charge >= 0.3 is 59.1 Å². The van der Waals surface area contributed by atoms with Crippen LogP contribution < -0.4 is 69.3 Å². The van der Waals surface area contributed by atoms with Crippen LogP contribution in [0.4, 0.5) is 0 Å². The first kappa shape index (κ1) is 24.2. The molecule has 0 spiro atoms. The topological polar surface area (TPSA) is 189 Å². The summed E-state index contributed by atoms with van der Waals surface area (Å²) in [6.45, 7) is 0. The summed E-state index contributed by atoms with van der Waals surface area (Å²) in [5.74, 6) is -4.57. The summed E-state index contributed by atoms with van der Waals surface area (Å²) in [5.41, 5.74) is -2.91. The van der Waals surface area contributed by atoms with Crippen LogP contribution in [-0.4, -0.2) is 37.9 Å². The SMILES string of the molecule is O=C([O-])c1cc(S(=O)(=O)O)cc(C(=O)[O-])c1S(=O)(=O)O.[Na+].[Na+]. The average Bonchev–Trinajstić information content (AvgIpc) is 2.24. The molecule has 0 heterocycles. The van der Waals surface area contributed by atoms with Gasteiger partial charge in [-0.2, -0.15) is 16.8 Å². The zero-order valence-electron chi connectivity index (χ0n) is 11.1. The second-order valence-corrected chi connectivity index (χ2v) is 6.15. The van der Waals surface area contributed by atoms with Crippen LogP contribution in [0.5, 0.6) is 0 Å². The molecule has 10 nitrogen and oxygen atoms in total. The molecule has 0 bridgehead atoms. The van der Waals surface area contributed by atoms with Gasteiger partial charge in [-0.1, -0.05) is 0 Å². The molecule has 0 aromatic heterocycles. The Morgan fingerprint density at radius 3 is 1.32 bits per heavy atom. The van der Waals surface area contributed by atoms with Gasteiger partial charge in [0.15, 0.2) is 0 Å². The van der Waals surface area contributed by atoms with Crippen LogP contribution in [0.3, 0.4) is 0 Å². The molecule has 22 heavy (non-hydrogen) atoms. The third kappa shape index (κ3) is 5.56. The zero-order valence-corrected chi connectivity index (χ0v) is 16.8. The van der Waals surface area contributed by atoms with Gasteiger partial charge in [0.1, 0.15) is 4.90 Å². The van der Waals surface area contributed by atoms with Crippen molar-refractivity contribution in [2.24, 2.45) is 0 Å². The normalized spacial score (nSPS) is 11.0. The average molecular weight is 370 g/mol. The van der Waals surface area contributed by atoms with Gasteiger partial charge in [-0.25, -0.2) is 0 Å². The van der Waals surface area contributed by atoms with Crippen LogP contribution >= 0.6 is 0 Å². The Hall–Kier alpha value is -0.0200. The number of benzene rings is 1. The van der Waals surface area contributed by atoms with Crippen LogP contribution in [0, 0.1) is 0 Å². The molecule has 0 saturated heterocycles. The standard InChI is InChI=1S/C8H6O10S2.2Na/c9-7(10)4-1-3(19(13,14)15)2-5(8(11)12)6(4)20(16,17)18;;/h1-2H,(H,9,10)(H,11,12)(H,13,14,15)(H,16,17,18);;/q;2*+1/p-2. The smallest absolute Gasteiger partial charge is 0.545 e. The van der Waals surface area contributed by atoms with Crippen molar-refractivity contribution >= 4 is 32.2 Å². The minimum absolute atomic E-state index is 0. The second kappa shape index (κ2) is 8.19. The Kier molecular flexibility index (Phi) is 9.02. The van der Waals surface area contributed by atoms with Crippen molar-refractivity contribution in [2.45, 2.75) is 9.79 Å². The number of carbonyl (C=O) groups is 2. The molecule has 0 aliphatic carbocycles. The molecule has 110 valence electrons. The number of rotatable bonds is 4. The quantitative estimate of drug-likeness (QED) is 0.380. The Labute approximate surface area is 168 Å². The second-order valence-electron chi connectivity index (χ2n) is 3.37. The molecule has 0 saturated carbocycles. The van der Waals surface area contributed by atoms with E-state index in [1.54, 1.807) is 0 Å². The number of hydrogen-bond donors (Lipinski definition) is 2. The molecule has 0 aliphatic heterocycles. The first-order valence-corrected chi connectivity index (χ1v) is 7.29. The molecule has 0 unspecified atom stereocenters. The van der Waals surface area contributed by atoms with Crippen molar-refractivity contribution in [1.82, 2.24) is 0 Å². The van der Waals surface area contributed by atoms with Crippen LogP contribution in [-0.2, 0) is 20.2 Å². The number of hydrogen-bond acceptors (Lipinski definition) is 8. The van der Waals surface area contributed by atoms with E-state index in [4.69, 9.17) is 9.11 Å². The van der Waals surface area contributed by atoms with Crippen molar-refractivity contribution < 1.29 is 105 Å². The molecule has 14 heteroatoms. The summed E-state index contributed by atoms with van der Waals surface area (Å²) in [6, 6.07) is 0.250. The summed E-state index contributed by atoms with van der Waals surface area (Å²) in [6.07, 6.45) is 0. The van der Waals surface area contributed by atoms with E-state index < -0.39 is 53.1 Å². The molecule has 1 rings (SSSR count). The predicted molar refractivity (Wildman–Crippen MR) is 54.7 cm³/mol. The molecule has 1 aromatic rings. The summed E-state index contributed by atoms with van der Waals surface area (Å²) in [7, 11) is -10.4. The van der Waals surface area contributed by atoms with Crippen LogP contribution in [0.15, 0.2) is 21.9 Å². The van der Waals surface area contributed by atoms with E-state index in [0.717, 1.165) is 0 Å². The predicted octanol–water partition coefficient (Wildman–Crippen LogP) is -9.09. The Balaban J connectivity index is 0. The van der Waals surface area contributed by atoms with Crippen LogP contribution in [0.2, 0.25) is 0 Å². The van der Waals surface area contributed by atoms with Gasteiger partial charge in [-0.3, -0.25) is 9.11 Å². The van der Waals surface area contributed by atoms with Crippen molar-refractivity contribution in [2.75, 3.05) is 0 Å². The molecular formula is C8H4Na2O10S2. The van der Waals surface area contributed by atoms with Crippen molar-refractivity contribution in [1.29, 1.82) is 0 Å². The van der Waals surface area contributed by atoms with E-state index in [1.165, 1.54) is 0 Å². The van der Waals surface area contributed by atoms with Crippen molar-refractivity contribution in [3.8, 4) is 0 Å². The minimum Gasteiger partial charge on any atom is -0.545 e. The zero-order chi connectivity index (χ0) is 15.9. The van der Waals surface area contributed by atoms with E-state index >= 15 is 0 Å². The number of carboxylic acid groups (broad SMARTS) is 2. The van der Waals surface area contributed by atoms with E-state index in [1.807, 2.05) is 0 Å². The van der Waals surface area contributed by atoms with E-state index in [2.05, 4.69) is 0 Å². The maximum Gasteiger partial charge on any atom is 1.00 e. The summed E-state index contributed by atoms with van der Waals surface area (Å²) < 4.78 is 61.3. The first-order valence-electron chi connectivity index (χ1n) is 4.41. The van der Waals surface area contributed by atoms with Gasteiger partial charge in [0.05, 0.1) is 16.8 Å². The Morgan fingerprint density at radius 1 is 0.818 bits per heavy atom. The molecule has 1 aromatic carbocycles. The molecule has 0 fully saturated rings. The molecule has 0 atom stereocenters. The van der Waals surface area contributed by atoms with Crippen LogP contribution in [0.1, 0.15) is 20.7 Å². The Bertz CT molecular complexity index is 776. The van der Waals surface area contributed by atoms with Gasteiger partial charge in [0.2, 0.25) is 0 Å². The van der Waals surface area contributed by atoms with Gasteiger partial charge in [-0.15, -0.1) is 0 Å². The summed E-state index contributed by atoms with van der Waals surface area (Å²) in [5, 5.41) is 21.5. The van der Waals surface area contributed by atoms with Gasteiger partial charge in [-0.05, 0) is 12.1 Å². The fourth-order valence-corrected chi connectivity index (χ4v) is 2.71. The van der Waals surface area contributed by atoms with Crippen LogP contribution in [0.25, 0.3) is 0 Å². The van der Waals surface area contributed by atoms with Crippen molar-refractivity contribution in [3.05, 3.63) is 23.3 Å². The Morgan fingerprint density at radius 2 is 1.14 bits per heavy atom. The number of carbonyl (C=O) groups excluding carboxylic acids is 2. The number of aromatic carboxylic acids is 2. The van der Waals surface area contributed by atoms with Gasteiger partial charge in [0, 0.05) is 11.1 Å². The number of carboxylic acids is 2. The molecular weight excluding hydrogens is 366 g/mol. The fourth-order valence-electron chi connectivity index (χ4n) is 1.33. The summed E-state index contributed by atoms with van der Waals surface area (Å²) in [4.78, 5) is 18.7. The maximum absolute atomic E-state index is 11.0. The van der Waals surface area contributed by atoms with E-state index in [0.29, 0.717) is 0 Å². The molecule has 0 radical (unpaired) electrons. The van der Waals surface area contributed by atoms with E-state index in [9.17, 15) is 36.6 Å². The monoisotopic (exact) mass is 370 g/mol. The third-order valence-electron chi connectivity index (χ3n) is 2.06. The first-order chi connectivity index (χ1) is 8.85.